The van der Waals surface area contributed by atoms with Crippen molar-refractivity contribution >= 4 is 28.5 Å². The first-order valence-corrected chi connectivity index (χ1v) is 11.2. The van der Waals surface area contributed by atoms with Gasteiger partial charge in [-0.05, 0) is 62.1 Å². The summed E-state index contributed by atoms with van der Waals surface area (Å²) in [4.78, 5) is 36.6. The van der Waals surface area contributed by atoms with Crippen LogP contribution in [0.2, 0.25) is 5.28 Å². The normalized spacial score (nSPS) is 12.2. The summed E-state index contributed by atoms with van der Waals surface area (Å²) in [5, 5.41) is 3.84. The lowest BCUT2D eigenvalue weighted by Gasteiger charge is -2.18. The fraction of sp³-hybridized carbons (Fsp3) is 0.280. The monoisotopic (exact) mass is 463 g/mol. The number of hydrogen-bond donors (Lipinski definition) is 2. The van der Waals surface area contributed by atoms with Crippen LogP contribution in [0.3, 0.4) is 0 Å². The zero-order valence-corrected chi connectivity index (χ0v) is 19.8. The van der Waals surface area contributed by atoms with Gasteiger partial charge in [-0.1, -0.05) is 30.3 Å². The van der Waals surface area contributed by atoms with Crippen molar-refractivity contribution in [2.45, 2.75) is 46.7 Å². The van der Waals surface area contributed by atoms with E-state index in [1.165, 1.54) is 0 Å². The van der Waals surface area contributed by atoms with Crippen LogP contribution in [0.15, 0.2) is 47.4 Å². The van der Waals surface area contributed by atoms with Crippen molar-refractivity contribution in [3.63, 3.8) is 0 Å². The van der Waals surface area contributed by atoms with Gasteiger partial charge < -0.3 is 14.9 Å². The molecule has 0 unspecified atom stereocenters. The highest BCUT2D eigenvalue weighted by Crippen LogP contribution is 2.31. The van der Waals surface area contributed by atoms with Gasteiger partial charge in [0.25, 0.3) is 5.56 Å². The van der Waals surface area contributed by atoms with Crippen molar-refractivity contribution in [1.82, 2.24) is 24.8 Å². The van der Waals surface area contributed by atoms with Crippen LogP contribution in [0.25, 0.3) is 11.0 Å². The molecule has 1 atom stereocenters. The second-order valence-electron chi connectivity index (χ2n) is 8.29. The molecule has 1 amide bonds. The van der Waals surface area contributed by atoms with E-state index in [-0.39, 0.29) is 35.8 Å². The number of benzene rings is 1. The molecular weight excluding hydrogens is 438 g/mol. The maximum atomic E-state index is 12.9. The molecule has 0 aliphatic rings. The Hall–Kier alpha value is -3.45. The molecule has 8 heteroatoms. The van der Waals surface area contributed by atoms with Gasteiger partial charge in [0, 0.05) is 35.1 Å². The van der Waals surface area contributed by atoms with E-state index in [1.54, 1.807) is 6.20 Å². The highest BCUT2D eigenvalue weighted by atomic mass is 35.5. The number of nitrogens with one attached hydrogen (secondary N) is 2. The number of carbonyl (C=O) groups excluding carboxylic acids is 1. The molecule has 3 aromatic heterocycles. The number of aromatic nitrogens is 4. The Morgan fingerprint density at radius 3 is 2.61 bits per heavy atom. The van der Waals surface area contributed by atoms with Crippen LogP contribution < -0.4 is 10.9 Å². The minimum atomic E-state index is -0.182. The molecule has 0 bridgehead atoms. The Morgan fingerprint density at radius 2 is 1.91 bits per heavy atom. The fourth-order valence-electron chi connectivity index (χ4n) is 4.34. The molecule has 33 heavy (non-hydrogen) atoms. The number of amides is 1. The molecule has 0 saturated heterocycles. The van der Waals surface area contributed by atoms with Crippen LogP contribution >= 0.6 is 11.6 Å². The van der Waals surface area contributed by atoms with E-state index in [1.807, 2.05) is 45.0 Å². The average molecular weight is 464 g/mol. The van der Waals surface area contributed by atoms with Crippen molar-refractivity contribution in [2.24, 2.45) is 0 Å². The van der Waals surface area contributed by atoms with Crippen LogP contribution in [-0.4, -0.2) is 25.4 Å². The van der Waals surface area contributed by atoms with Gasteiger partial charge in [-0.25, -0.2) is 4.98 Å². The summed E-state index contributed by atoms with van der Waals surface area (Å²) < 4.78 is 2.09. The number of aryl methyl sites for hydroxylation is 2. The molecule has 1 aromatic carbocycles. The summed E-state index contributed by atoms with van der Waals surface area (Å²) in [6.07, 6.45) is 1.81. The molecule has 3 heterocycles. The SMILES string of the molecule is Cc1cc(C)c(CNC(=O)Cc2c(C)n([C@H](C)c3ccccc3)c3nc(Cl)ncc23)c(=O)[nH]1. The zero-order valence-electron chi connectivity index (χ0n) is 19.1. The Labute approximate surface area is 196 Å². The van der Waals surface area contributed by atoms with Gasteiger partial charge in [0.05, 0.1) is 12.5 Å². The molecule has 0 aliphatic heterocycles. The highest BCUT2D eigenvalue weighted by Gasteiger charge is 2.22. The standard InChI is InChI=1S/C25H26ClN5O2/c1-14-10-15(2)29-24(33)20(14)12-27-22(32)11-19-17(4)31(16(3)18-8-6-5-7-9-18)23-21(19)13-28-25(26)30-23/h5-10,13,16H,11-12H2,1-4H3,(H,27,32)(H,29,33)/t16-/m1/s1. The molecule has 0 aliphatic carbocycles. The predicted molar refractivity (Wildman–Crippen MR) is 130 cm³/mol. The summed E-state index contributed by atoms with van der Waals surface area (Å²) in [5.41, 5.74) is 5.61. The van der Waals surface area contributed by atoms with Crippen molar-refractivity contribution in [1.29, 1.82) is 0 Å². The first-order valence-electron chi connectivity index (χ1n) is 10.8. The molecule has 2 N–H and O–H groups in total. The molecule has 0 saturated carbocycles. The summed E-state index contributed by atoms with van der Waals surface area (Å²) in [6.45, 7) is 7.94. The second-order valence-corrected chi connectivity index (χ2v) is 8.63. The number of fused-ring (bicyclic) bond motifs is 1. The van der Waals surface area contributed by atoms with E-state index in [2.05, 4.69) is 43.9 Å². The number of carbonyl (C=O) groups is 1. The van der Waals surface area contributed by atoms with Gasteiger partial charge in [-0.3, -0.25) is 9.59 Å². The summed E-state index contributed by atoms with van der Waals surface area (Å²) in [5.74, 6) is -0.182. The van der Waals surface area contributed by atoms with E-state index >= 15 is 0 Å². The topological polar surface area (TPSA) is 92.7 Å². The Morgan fingerprint density at radius 1 is 1.18 bits per heavy atom. The third-order valence-corrected chi connectivity index (χ3v) is 6.24. The fourth-order valence-corrected chi connectivity index (χ4v) is 4.47. The number of aromatic amines is 1. The van der Waals surface area contributed by atoms with Crippen molar-refractivity contribution in [3.05, 3.63) is 91.9 Å². The van der Waals surface area contributed by atoms with Crippen LogP contribution in [0.5, 0.6) is 0 Å². The van der Waals surface area contributed by atoms with E-state index in [0.717, 1.165) is 33.5 Å². The number of hydrogen-bond acceptors (Lipinski definition) is 4. The summed E-state index contributed by atoms with van der Waals surface area (Å²) >= 11 is 6.12. The van der Waals surface area contributed by atoms with E-state index in [4.69, 9.17) is 11.6 Å². The molecule has 4 aromatic rings. The first-order chi connectivity index (χ1) is 15.8. The molecule has 0 fully saturated rings. The minimum Gasteiger partial charge on any atom is -0.352 e. The molecular formula is C25H26ClN5O2. The summed E-state index contributed by atoms with van der Waals surface area (Å²) in [7, 11) is 0. The third kappa shape index (κ3) is 4.54. The van der Waals surface area contributed by atoms with Crippen LogP contribution in [-0.2, 0) is 17.8 Å². The average Bonchev–Trinajstić information content (AvgIpc) is 3.03. The van der Waals surface area contributed by atoms with Crippen molar-refractivity contribution < 1.29 is 4.79 Å². The van der Waals surface area contributed by atoms with Gasteiger partial charge >= 0.3 is 0 Å². The number of rotatable bonds is 6. The molecule has 4 rings (SSSR count). The van der Waals surface area contributed by atoms with Gasteiger partial charge in [0.2, 0.25) is 11.2 Å². The number of pyridine rings is 1. The van der Waals surface area contributed by atoms with Crippen LogP contribution in [0.4, 0.5) is 0 Å². The zero-order chi connectivity index (χ0) is 23.7. The van der Waals surface area contributed by atoms with Crippen molar-refractivity contribution in [3.8, 4) is 0 Å². The predicted octanol–water partition coefficient (Wildman–Crippen LogP) is 4.17. The smallest absolute Gasteiger partial charge is 0.253 e. The maximum Gasteiger partial charge on any atom is 0.253 e. The van der Waals surface area contributed by atoms with E-state index in [0.29, 0.717) is 11.2 Å². The van der Waals surface area contributed by atoms with E-state index < -0.39 is 0 Å². The van der Waals surface area contributed by atoms with Crippen molar-refractivity contribution in [2.75, 3.05) is 0 Å². The first kappa shape index (κ1) is 22.7. The Bertz CT molecular complexity index is 1390. The number of halogens is 1. The van der Waals surface area contributed by atoms with Crippen LogP contribution in [0.1, 0.15) is 46.6 Å². The lowest BCUT2D eigenvalue weighted by molar-refractivity contribution is -0.120. The van der Waals surface area contributed by atoms with Crippen LogP contribution in [0, 0.1) is 20.8 Å². The molecule has 170 valence electrons. The molecule has 0 spiro atoms. The van der Waals surface area contributed by atoms with Gasteiger partial charge in [-0.15, -0.1) is 0 Å². The van der Waals surface area contributed by atoms with Gasteiger partial charge in [0.15, 0.2) is 0 Å². The largest absolute Gasteiger partial charge is 0.352 e. The number of H-pyrrole nitrogens is 1. The number of nitrogens with zero attached hydrogens (tertiary/aromatic N) is 3. The van der Waals surface area contributed by atoms with Gasteiger partial charge in [0.1, 0.15) is 5.65 Å². The third-order valence-electron chi connectivity index (χ3n) is 6.05. The minimum absolute atomic E-state index is 0.00903. The van der Waals surface area contributed by atoms with E-state index in [9.17, 15) is 9.59 Å². The maximum absolute atomic E-state index is 12.9. The second kappa shape index (κ2) is 9.19. The lowest BCUT2D eigenvalue weighted by Crippen LogP contribution is -2.29. The Kier molecular flexibility index (Phi) is 6.33. The van der Waals surface area contributed by atoms with Gasteiger partial charge in [-0.2, -0.15) is 4.98 Å². The highest BCUT2D eigenvalue weighted by molar-refractivity contribution is 6.28. The molecule has 7 nitrogen and oxygen atoms in total. The molecule has 0 radical (unpaired) electrons. The Balaban J connectivity index is 1.65. The summed E-state index contributed by atoms with van der Waals surface area (Å²) in [6, 6.07) is 12.0. The lowest BCUT2D eigenvalue weighted by atomic mass is 10.1. The quantitative estimate of drug-likeness (QED) is 0.420.